The van der Waals surface area contributed by atoms with Crippen molar-refractivity contribution in [1.29, 1.82) is 5.26 Å². The van der Waals surface area contributed by atoms with Gasteiger partial charge in [0.25, 0.3) is 0 Å². The lowest BCUT2D eigenvalue weighted by Gasteiger charge is -2.36. The topological polar surface area (TPSA) is 61.1 Å². The molecule has 3 nitrogen and oxygen atoms in total. The van der Waals surface area contributed by atoms with Gasteiger partial charge in [-0.3, -0.25) is 4.21 Å². The lowest BCUT2D eigenvalue weighted by Crippen LogP contribution is -2.40. The summed E-state index contributed by atoms with van der Waals surface area (Å²) in [6.45, 7) is 0. The first kappa shape index (κ1) is 13.7. The van der Waals surface area contributed by atoms with E-state index < -0.39 is 22.2 Å². The fourth-order valence-electron chi connectivity index (χ4n) is 3.43. The van der Waals surface area contributed by atoms with Crippen LogP contribution in [0.25, 0.3) is 0 Å². The molecule has 5 heteroatoms. The second-order valence-corrected chi connectivity index (χ2v) is 7.73. The predicted molar refractivity (Wildman–Crippen MR) is 73.8 cm³/mol. The van der Waals surface area contributed by atoms with Gasteiger partial charge in [-0.2, -0.15) is 5.26 Å². The Kier molecular flexibility index (Phi) is 3.39. The first-order chi connectivity index (χ1) is 9.53. The predicted octanol–water partition coefficient (Wildman–Crippen LogP) is 2.15. The summed E-state index contributed by atoms with van der Waals surface area (Å²) in [4.78, 5) is 0. The molecule has 1 aromatic rings. The van der Waals surface area contributed by atoms with Crippen LogP contribution in [0.1, 0.15) is 36.8 Å². The van der Waals surface area contributed by atoms with E-state index >= 15 is 0 Å². The Morgan fingerprint density at radius 2 is 2.05 bits per heavy atom. The maximum Gasteiger partial charge on any atom is 0.129 e. The van der Waals surface area contributed by atoms with Crippen LogP contribution in [0, 0.1) is 17.1 Å². The van der Waals surface area contributed by atoms with Crippen LogP contribution in [0.4, 0.5) is 4.39 Å². The van der Waals surface area contributed by atoms with E-state index in [0.717, 1.165) is 12.8 Å². The molecule has 1 aromatic carbocycles. The van der Waals surface area contributed by atoms with E-state index in [4.69, 9.17) is 5.26 Å². The summed E-state index contributed by atoms with van der Waals surface area (Å²) in [6.07, 6.45) is 2.59. The molecule has 2 atom stereocenters. The normalized spacial score (nSPS) is 35.8. The van der Waals surface area contributed by atoms with Gasteiger partial charge >= 0.3 is 0 Å². The third-order valence-electron chi connectivity index (χ3n) is 4.41. The highest BCUT2D eigenvalue weighted by Gasteiger charge is 2.49. The Balaban J connectivity index is 1.98. The molecule has 2 saturated heterocycles. The van der Waals surface area contributed by atoms with Crippen LogP contribution in [0.5, 0.6) is 0 Å². The standard InChI is InChI=1S/C15H16FNO2S/c16-14-4-1-10(5-6-17)7-13(14)15(18)8-11-2-3-12(9-15)20(11)19/h1,4,7,11-12,18H,2-3,5,8-9H2. The molecule has 2 heterocycles. The number of halogens is 1. The molecule has 2 bridgehead atoms. The van der Waals surface area contributed by atoms with Gasteiger partial charge in [0, 0.05) is 26.9 Å². The highest BCUT2D eigenvalue weighted by atomic mass is 32.2. The van der Waals surface area contributed by atoms with Crippen molar-refractivity contribution < 1.29 is 13.7 Å². The maximum atomic E-state index is 14.1. The Hall–Kier alpha value is -1.25. The van der Waals surface area contributed by atoms with Crippen molar-refractivity contribution in [3.63, 3.8) is 0 Å². The Bertz CT molecular complexity index is 594. The van der Waals surface area contributed by atoms with Crippen molar-refractivity contribution >= 4 is 10.8 Å². The summed E-state index contributed by atoms with van der Waals surface area (Å²) < 4.78 is 26.1. The van der Waals surface area contributed by atoms with Crippen LogP contribution < -0.4 is 0 Å². The number of hydrogen-bond donors (Lipinski definition) is 1. The number of hydrogen-bond acceptors (Lipinski definition) is 3. The zero-order chi connectivity index (χ0) is 14.3. The van der Waals surface area contributed by atoms with Gasteiger partial charge < -0.3 is 5.11 Å². The molecule has 2 aliphatic heterocycles. The van der Waals surface area contributed by atoms with E-state index in [9.17, 15) is 13.7 Å². The second-order valence-electron chi connectivity index (χ2n) is 5.74. The summed E-state index contributed by atoms with van der Waals surface area (Å²) >= 11 is 0. The minimum atomic E-state index is -1.24. The van der Waals surface area contributed by atoms with Crippen molar-refractivity contribution in [2.75, 3.05) is 0 Å². The van der Waals surface area contributed by atoms with Crippen molar-refractivity contribution in [2.24, 2.45) is 0 Å². The van der Waals surface area contributed by atoms with Crippen molar-refractivity contribution in [2.45, 2.75) is 48.2 Å². The lowest BCUT2D eigenvalue weighted by atomic mass is 9.84. The van der Waals surface area contributed by atoms with Crippen molar-refractivity contribution in [3.8, 4) is 6.07 Å². The molecule has 0 spiro atoms. The summed E-state index contributed by atoms with van der Waals surface area (Å²) in [7, 11) is -0.889. The molecule has 0 aromatic heterocycles. The Labute approximate surface area is 119 Å². The molecule has 3 rings (SSSR count). The smallest absolute Gasteiger partial charge is 0.129 e. The van der Waals surface area contributed by atoms with Crippen molar-refractivity contribution in [1.82, 2.24) is 0 Å². The highest BCUT2D eigenvalue weighted by molar-refractivity contribution is 7.86. The van der Waals surface area contributed by atoms with Gasteiger partial charge in [-0.05, 0) is 43.4 Å². The largest absolute Gasteiger partial charge is 0.385 e. The van der Waals surface area contributed by atoms with E-state index in [0.29, 0.717) is 18.4 Å². The molecule has 2 fully saturated rings. The third kappa shape index (κ3) is 2.17. The number of benzene rings is 1. The van der Waals surface area contributed by atoms with Gasteiger partial charge in [0.1, 0.15) is 5.82 Å². The Morgan fingerprint density at radius 1 is 1.40 bits per heavy atom. The number of nitriles is 1. The summed E-state index contributed by atoms with van der Waals surface area (Å²) in [6, 6.07) is 6.50. The number of rotatable bonds is 2. The molecule has 1 N–H and O–H groups in total. The molecule has 0 amide bonds. The average Bonchev–Trinajstić information content (AvgIpc) is 2.64. The SMILES string of the molecule is N#CCc1ccc(F)c(C2(O)CC3CCC(C2)S3=O)c1. The van der Waals surface area contributed by atoms with Crippen LogP contribution in [0.15, 0.2) is 18.2 Å². The van der Waals surface area contributed by atoms with E-state index in [2.05, 4.69) is 0 Å². The fraction of sp³-hybridized carbons (Fsp3) is 0.533. The molecule has 0 aliphatic carbocycles. The van der Waals surface area contributed by atoms with Gasteiger partial charge in [0.05, 0.1) is 18.1 Å². The van der Waals surface area contributed by atoms with E-state index in [1.807, 2.05) is 6.07 Å². The third-order valence-corrected chi connectivity index (χ3v) is 6.53. The quantitative estimate of drug-likeness (QED) is 0.909. The van der Waals surface area contributed by atoms with Crippen LogP contribution in [-0.4, -0.2) is 19.8 Å². The average molecular weight is 293 g/mol. The fourth-order valence-corrected chi connectivity index (χ4v) is 5.59. The summed E-state index contributed by atoms with van der Waals surface area (Å²) in [5.74, 6) is -0.443. The minimum Gasteiger partial charge on any atom is -0.385 e. The monoisotopic (exact) mass is 293 g/mol. The van der Waals surface area contributed by atoms with E-state index in [1.165, 1.54) is 6.07 Å². The molecule has 0 saturated carbocycles. The van der Waals surface area contributed by atoms with Crippen LogP contribution in [0.2, 0.25) is 0 Å². The Morgan fingerprint density at radius 3 is 2.65 bits per heavy atom. The van der Waals surface area contributed by atoms with Gasteiger partial charge in [0.2, 0.25) is 0 Å². The number of nitrogens with zero attached hydrogens (tertiary/aromatic N) is 1. The maximum absolute atomic E-state index is 14.1. The highest BCUT2D eigenvalue weighted by Crippen LogP contribution is 2.46. The second kappa shape index (κ2) is 4.94. The van der Waals surface area contributed by atoms with Gasteiger partial charge in [-0.1, -0.05) is 6.07 Å². The molecule has 0 radical (unpaired) electrons. The number of fused-ring (bicyclic) bond motifs is 2. The zero-order valence-electron chi connectivity index (χ0n) is 11.0. The summed E-state index contributed by atoms with van der Waals surface area (Å²) in [5, 5.41) is 19.5. The molecular weight excluding hydrogens is 277 g/mol. The van der Waals surface area contributed by atoms with E-state index in [-0.39, 0.29) is 22.5 Å². The first-order valence-electron chi connectivity index (χ1n) is 6.81. The molecule has 20 heavy (non-hydrogen) atoms. The first-order valence-corrected chi connectivity index (χ1v) is 8.09. The summed E-state index contributed by atoms with van der Waals surface area (Å²) in [5.41, 5.74) is -0.273. The van der Waals surface area contributed by atoms with Crippen LogP contribution >= 0.6 is 0 Å². The van der Waals surface area contributed by atoms with Gasteiger partial charge in [-0.15, -0.1) is 0 Å². The lowest BCUT2D eigenvalue weighted by molar-refractivity contribution is 0.0150. The molecule has 2 unspecified atom stereocenters. The molecule has 106 valence electrons. The zero-order valence-corrected chi connectivity index (χ0v) is 11.8. The van der Waals surface area contributed by atoms with Gasteiger partial charge in [0.15, 0.2) is 0 Å². The van der Waals surface area contributed by atoms with Crippen LogP contribution in [0.3, 0.4) is 0 Å². The van der Waals surface area contributed by atoms with Crippen LogP contribution in [-0.2, 0) is 22.8 Å². The minimum absolute atomic E-state index is 0.0298. The molecule has 2 aliphatic rings. The van der Waals surface area contributed by atoms with E-state index in [1.54, 1.807) is 12.1 Å². The van der Waals surface area contributed by atoms with Crippen molar-refractivity contribution in [3.05, 3.63) is 35.1 Å². The number of aliphatic hydroxyl groups is 1. The van der Waals surface area contributed by atoms with Gasteiger partial charge in [-0.25, -0.2) is 4.39 Å². The molecular formula is C15H16FNO2S.